The number of halogens is 2. The van der Waals surface area contributed by atoms with Crippen LogP contribution in [0.1, 0.15) is 41.6 Å². The highest BCUT2D eigenvalue weighted by atomic mass is 35.5. The molecule has 1 saturated heterocycles. The Morgan fingerprint density at radius 2 is 1.57 bits per heavy atom. The Bertz CT molecular complexity index is 1900. The summed E-state index contributed by atoms with van der Waals surface area (Å²) in [7, 11) is -3.64. The van der Waals surface area contributed by atoms with Crippen molar-refractivity contribution in [2.24, 2.45) is 5.92 Å². The van der Waals surface area contributed by atoms with E-state index in [1.165, 1.54) is 0 Å². The maximum absolute atomic E-state index is 12.8. The van der Waals surface area contributed by atoms with Crippen LogP contribution in [-0.4, -0.2) is 29.2 Å². The molecular weight excluding hydrogens is 645 g/mol. The van der Waals surface area contributed by atoms with Gasteiger partial charge < -0.3 is 19.1 Å². The van der Waals surface area contributed by atoms with E-state index in [9.17, 15) is 13.5 Å². The van der Waals surface area contributed by atoms with Gasteiger partial charge in [0.2, 0.25) is 10.0 Å². The Hall–Kier alpha value is -3.54. The molecule has 0 radical (unpaired) electrons. The lowest BCUT2D eigenvalue weighted by molar-refractivity contribution is -0.276. The molecule has 1 aromatic heterocycles. The number of sulfonamides is 1. The minimum Gasteiger partial charge on any atom is -0.392 e. The number of hydrogen-bond acceptors (Lipinski definition) is 6. The predicted octanol–water partition coefficient (Wildman–Crippen LogP) is 7.32. The first kappa shape index (κ1) is 32.4. The fourth-order valence-corrected chi connectivity index (χ4v) is 6.93. The maximum atomic E-state index is 12.8. The minimum atomic E-state index is -3.64. The molecule has 11 heteroatoms. The molecule has 0 amide bonds. The standard InChI is InChI=1S/C35H33Cl2N3O5S/c1-23-31(20-40-22-38-33(36)34(40)37)44-35(45-32(23)26-15-13-24(21-41)14-16-26)29-10-6-9-28(18-29)27-8-5-7-25(17-27)19-39-46(42,43)30-11-3-2-4-12-30/h2-18,22-23,31-32,35,39,41H,19-21H2,1H3/t23-,31+,32+,35+/m1/s1. The Kier molecular flexibility index (Phi) is 9.91. The van der Waals surface area contributed by atoms with Crippen LogP contribution in [0.15, 0.2) is 114 Å². The number of ether oxygens (including phenoxy) is 2. The summed E-state index contributed by atoms with van der Waals surface area (Å²) in [6.07, 6.45) is 0.305. The number of aliphatic hydroxyl groups excluding tert-OH is 1. The fourth-order valence-electron chi connectivity index (χ4n) is 5.58. The lowest BCUT2D eigenvalue weighted by atomic mass is 9.90. The second-order valence-electron chi connectivity index (χ2n) is 11.3. The van der Waals surface area contributed by atoms with E-state index in [1.54, 1.807) is 41.2 Å². The van der Waals surface area contributed by atoms with Crippen LogP contribution in [0.4, 0.5) is 0 Å². The molecule has 0 spiro atoms. The highest BCUT2D eigenvalue weighted by Gasteiger charge is 2.39. The van der Waals surface area contributed by atoms with Gasteiger partial charge in [-0.15, -0.1) is 0 Å². The molecule has 6 rings (SSSR count). The van der Waals surface area contributed by atoms with Gasteiger partial charge in [-0.25, -0.2) is 18.1 Å². The van der Waals surface area contributed by atoms with Gasteiger partial charge in [-0.2, -0.15) is 0 Å². The van der Waals surface area contributed by atoms with E-state index < -0.39 is 16.3 Å². The maximum Gasteiger partial charge on any atom is 0.240 e. The van der Waals surface area contributed by atoms with Gasteiger partial charge in [0.1, 0.15) is 5.15 Å². The average molecular weight is 679 g/mol. The Morgan fingerprint density at radius 1 is 0.848 bits per heavy atom. The van der Waals surface area contributed by atoms with Gasteiger partial charge in [-0.3, -0.25) is 0 Å². The average Bonchev–Trinajstić information content (AvgIpc) is 3.41. The number of hydrogen-bond donors (Lipinski definition) is 2. The van der Waals surface area contributed by atoms with Crippen LogP contribution >= 0.6 is 23.2 Å². The number of imidazole rings is 1. The van der Waals surface area contributed by atoms with Gasteiger partial charge in [0.15, 0.2) is 11.4 Å². The molecule has 0 unspecified atom stereocenters. The van der Waals surface area contributed by atoms with Crippen molar-refractivity contribution in [2.45, 2.75) is 50.0 Å². The zero-order chi connectivity index (χ0) is 32.3. The van der Waals surface area contributed by atoms with E-state index in [2.05, 4.69) is 16.6 Å². The first-order valence-electron chi connectivity index (χ1n) is 14.8. The number of aromatic nitrogens is 2. The van der Waals surface area contributed by atoms with Gasteiger partial charge in [-0.05, 0) is 52.1 Å². The number of nitrogens with one attached hydrogen (secondary N) is 1. The number of rotatable bonds is 10. The van der Waals surface area contributed by atoms with Crippen LogP contribution in [0.5, 0.6) is 0 Å². The van der Waals surface area contributed by atoms with Crippen LogP contribution in [0.2, 0.25) is 10.3 Å². The van der Waals surface area contributed by atoms with Crippen molar-refractivity contribution in [1.29, 1.82) is 0 Å². The molecule has 8 nitrogen and oxygen atoms in total. The van der Waals surface area contributed by atoms with Gasteiger partial charge in [0, 0.05) is 18.0 Å². The van der Waals surface area contributed by atoms with Gasteiger partial charge in [-0.1, -0.05) is 109 Å². The number of aliphatic hydroxyl groups is 1. The predicted molar refractivity (Wildman–Crippen MR) is 178 cm³/mol. The van der Waals surface area contributed by atoms with Crippen LogP contribution in [-0.2, 0) is 39.2 Å². The van der Waals surface area contributed by atoms with E-state index >= 15 is 0 Å². The number of nitrogens with zero attached hydrogens (tertiary/aromatic N) is 2. The van der Waals surface area contributed by atoms with Crippen molar-refractivity contribution in [3.8, 4) is 11.1 Å². The van der Waals surface area contributed by atoms with E-state index in [-0.39, 0.29) is 41.3 Å². The lowest BCUT2D eigenvalue weighted by Gasteiger charge is -2.41. The summed E-state index contributed by atoms with van der Waals surface area (Å²) in [5.74, 6) is -0.0620. The summed E-state index contributed by atoms with van der Waals surface area (Å²) in [6, 6.07) is 31.7. The Balaban J connectivity index is 1.26. The molecule has 1 aliphatic rings. The second kappa shape index (κ2) is 14.1. The summed E-state index contributed by atoms with van der Waals surface area (Å²) in [4.78, 5) is 4.34. The van der Waals surface area contributed by atoms with Crippen LogP contribution in [0.3, 0.4) is 0 Å². The van der Waals surface area contributed by atoms with Crippen molar-refractivity contribution in [3.63, 3.8) is 0 Å². The molecule has 5 aromatic rings. The topological polar surface area (TPSA) is 103 Å². The molecule has 0 saturated carbocycles. The molecular formula is C35H33Cl2N3O5S. The van der Waals surface area contributed by atoms with Gasteiger partial charge in [0.05, 0.1) is 36.6 Å². The Morgan fingerprint density at radius 3 is 2.26 bits per heavy atom. The third-order valence-corrected chi connectivity index (χ3v) is 10.4. The molecule has 4 atom stereocenters. The molecule has 4 aromatic carbocycles. The Labute approximate surface area is 278 Å². The second-order valence-corrected chi connectivity index (χ2v) is 13.7. The molecule has 0 bridgehead atoms. The summed E-state index contributed by atoms with van der Waals surface area (Å²) in [6.45, 7) is 2.61. The monoisotopic (exact) mass is 677 g/mol. The first-order valence-corrected chi connectivity index (χ1v) is 17.1. The highest BCUT2D eigenvalue weighted by molar-refractivity contribution is 7.89. The normalized spacial score (nSPS) is 20.1. The third-order valence-electron chi connectivity index (χ3n) is 8.17. The zero-order valence-corrected chi connectivity index (χ0v) is 27.3. The summed E-state index contributed by atoms with van der Waals surface area (Å²) >= 11 is 12.6. The van der Waals surface area contributed by atoms with Crippen LogP contribution in [0.25, 0.3) is 11.1 Å². The number of benzene rings is 4. The van der Waals surface area contributed by atoms with Gasteiger partial charge in [0.25, 0.3) is 0 Å². The fraction of sp³-hybridized carbons (Fsp3) is 0.229. The molecule has 1 fully saturated rings. The molecule has 1 aliphatic heterocycles. The van der Waals surface area contributed by atoms with E-state index in [0.717, 1.165) is 33.4 Å². The van der Waals surface area contributed by atoms with Crippen LogP contribution in [0, 0.1) is 5.92 Å². The SMILES string of the molecule is C[C@@H]1[C@H](Cn2cnc(Cl)c2Cl)O[C@H](c2cccc(-c3cccc(CNS(=O)(=O)c4ccccc4)c3)c2)O[C@@H]1c1ccc(CO)cc1. The molecule has 46 heavy (non-hydrogen) atoms. The molecule has 0 aliphatic carbocycles. The summed E-state index contributed by atoms with van der Waals surface area (Å²) in [5, 5.41) is 10.1. The smallest absolute Gasteiger partial charge is 0.240 e. The van der Waals surface area contributed by atoms with Crippen LogP contribution < -0.4 is 4.72 Å². The van der Waals surface area contributed by atoms with Crippen molar-refractivity contribution < 1.29 is 23.0 Å². The quantitative estimate of drug-likeness (QED) is 0.161. The third kappa shape index (κ3) is 7.21. The summed E-state index contributed by atoms with van der Waals surface area (Å²) < 4.78 is 43.2. The van der Waals surface area contributed by atoms with Gasteiger partial charge >= 0.3 is 0 Å². The minimum absolute atomic E-state index is 0.0392. The van der Waals surface area contributed by atoms with E-state index in [1.807, 2.05) is 72.8 Å². The lowest BCUT2D eigenvalue weighted by Crippen LogP contribution is -2.39. The molecule has 2 N–H and O–H groups in total. The molecule has 2 heterocycles. The van der Waals surface area contributed by atoms with E-state index in [4.69, 9.17) is 32.7 Å². The highest BCUT2D eigenvalue weighted by Crippen LogP contribution is 2.43. The zero-order valence-electron chi connectivity index (χ0n) is 25.0. The molecule has 238 valence electrons. The van der Waals surface area contributed by atoms with Crippen molar-refractivity contribution in [1.82, 2.24) is 14.3 Å². The van der Waals surface area contributed by atoms with Crippen molar-refractivity contribution >= 4 is 33.2 Å². The summed E-state index contributed by atoms with van der Waals surface area (Å²) in [5.41, 5.74) is 5.30. The van der Waals surface area contributed by atoms with E-state index in [0.29, 0.717) is 11.7 Å². The first-order chi connectivity index (χ1) is 22.2. The largest absolute Gasteiger partial charge is 0.392 e. The van der Waals surface area contributed by atoms with Crippen molar-refractivity contribution in [3.05, 3.63) is 142 Å². The van der Waals surface area contributed by atoms with Crippen molar-refractivity contribution in [2.75, 3.05) is 0 Å².